The maximum Gasteiger partial charge on any atom is 0.336 e. The summed E-state index contributed by atoms with van der Waals surface area (Å²) in [6.07, 6.45) is 0.244. The molecule has 1 atom stereocenters. The van der Waals surface area contributed by atoms with Gasteiger partial charge in [-0.2, -0.15) is 22.8 Å². The number of halogens is 4. The van der Waals surface area contributed by atoms with Gasteiger partial charge in [-0.3, -0.25) is 0 Å². The van der Waals surface area contributed by atoms with Crippen molar-refractivity contribution in [2.24, 2.45) is 0 Å². The van der Waals surface area contributed by atoms with Crippen LogP contribution in [0.2, 0.25) is 0 Å². The van der Waals surface area contributed by atoms with Gasteiger partial charge in [-0.1, -0.05) is 0 Å². The van der Waals surface area contributed by atoms with Crippen molar-refractivity contribution in [2.75, 3.05) is 0 Å². The third kappa shape index (κ3) is 2.08. The molecule has 0 spiro atoms. The molecule has 2 aromatic rings. The first kappa shape index (κ1) is 15.9. The molecule has 0 aromatic heterocycles. The summed E-state index contributed by atoms with van der Waals surface area (Å²) >= 11 is 0. The molecule has 0 fully saturated rings. The van der Waals surface area contributed by atoms with Crippen LogP contribution in [0.25, 0.3) is 0 Å². The van der Waals surface area contributed by atoms with E-state index < -0.39 is 23.3 Å². The molecule has 1 unspecified atom stereocenters. The van der Waals surface area contributed by atoms with Crippen LogP contribution in [0.15, 0.2) is 30.3 Å². The molecule has 6 heteroatoms. The van der Waals surface area contributed by atoms with Gasteiger partial charge in [0.1, 0.15) is 11.5 Å². The Hall–Kier alpha value is -2.55. The fourth-order valence-electron chi connectivity index (χ4n) is 3.86. The lowest BCUT2D eigenvalue weighted by Crippen LogP contribution is -2.36. The molecule has 25 heavy (non-hydrogen) atoms. The topological polar surface area (TPSA) is 33.0 Å². The van der Waals surface area contributed by atoms with Gasteiger partial charge >= 0.3 is 11.8 Å². The quantitative estimate of drug-likeness (QED) is 0.679. The van der Waals surface area contributed by atoms with E-state index in [0.717, 1.165) is 11.6 Å². The highest BCUT2D eigenvalue weighted by molar-refractivity contribution is 5.57. The molecule has 0 saturated heterocycles. The summed E-state index contributed by atoms with van der Waals surface area (Å²) in [5.41, 5.74) is 1.07. The SMILES string of the molecule is Cc1cc(C#N)cc(Oc2ccc3c4c2CCC4C(F)(F)C3(F)F)c1. The van der Waals surface area contributed by atoms with Crippen molar-refractivity contribution in [3.05, 3.63) is 58.1 Å². The van der Waals surface area contributed by atoms with Gasteiger partial charge in [0.2, 0.25) is 0 Å². The van der Waals surface area contributed by atoms with E-state index in [-0.39, 0.29) is 18.4 Å². The highest BCUT2D eigenvalue weighted by atomic mass is 19.3. The Balaban J connectivity index is 1.80. The third-order valence-electron chi connectivity index (χ3n) is 4.95. The van der Waals surface area contributed by atoms with Gasteiger partial charge in [0.15, 0.2) is 0 Å². The van der Waals surface area contributed by atoms with Crippen molar-refractivity contribution < 1.29 is 22.3 Å². The van der Waals surface area contributed by atoms with E-state index in [1.807, 2.05) is 6.07 Å². The Bertz CT molecular complexity index is 930. The van der Waals surface area contributed by atoms with Crippen LogP contribution in [0.1, 0.15) is 40.2 Å². The van der Waals surface area contributed by atoms with Crippen LogP contribution in [-0.4, -0.2) is 5.92 Å². The van der Waals surface area contributed by atoms with E-state index in [4.69, 9.17) is 10.00 Å². The second-order valence-corrected chi connectivity index (χ2v) is 6.54. The molecule has 2 aliphatic rings. The van der Waals surface area contributed by atoms with Gasteiger partial charge in [-0.05, 0) is 66.8 Å². The summed E-state index contributed by atoms with van der Waals surface area (Å²) < 4.78 is 62.1. The minimum atomic E-state index is -4.15. The minimum Gasteiger partial charge on any atom is -0.457 e. The Morgan fingerprint density at radius 1 is 1.16 bits per heavy atom. The predicted octanol–water partition coefficient (Wildman–Crippen LogP) is 5.43. The van der Waals surface area contributed by atoms with Crippen LogP contribution in [-0.2, 0) is 12.3 Å². The molecule has 0 bridgehead atoms. The molecule has 0 radical (unpaired) electrons. The summed E-state index contributed by atoms with van der Waals surface area (Å²) in [5, 5.41) is 9.03. The molecule has 2 nitrogen and oxygen atoms in total. The molecule has 0 saturated carbocycles. The number of rotatable bonds is 2. The number of nitriles is 1. The van der Waals surface area contributed by atoms with Crippen molar-refractivity contribution in [3.63, 3.8) is 0 Å². The van der Waals surface area contributed by atoms with E-state index in [0.29, 0.717) is 22.6 Å². The Labute approximate surface area is 141 Å². The van der Waals surface area contributed by atoms with Crippen LogP contribution in [0.5, 0.6) is 11.5 Å². The Morgan fingerprint density at radius 2 is 1.92 bits per heavy atom. The fourth-order valence-corrected chi connectivity index (χ4v) is 3.86. The standard InChI is InChI=1S/C19H13F4NO/c1-10-6-11(9-24)8-12(7-10)25-16-5-4-15-17-13(16)2-3-14(17)18(20,21)19(15,22)23/h4-8,14H,2-3H2,1H3. The summed E-state index contributed by atoms with van der Waals surface area (Å²) in [6.45, 7) is 1.80. The van der Waals surface area contributed by atoms with E-state index >= 15 is 0 Å². The molecule has 0 aliphatic heterocycles. The van der Waals surface area contributed by atoms with Crippen LogP contribution >= 0.6 is 0 Å². The number of nitrogens with zero attached hydrogens (tertiary/aromatic N) is 1. The van der Waals surface area contributed by atoms with Gasteiger partial charge in [0, 0.05) is 5.56 Å². The second kappa shape index (κ2) is 4.98. The molecule has 0 N–H and O–H groups in total. The molecule has 128 valence electrons. The first-order chi connectivity index (χ1) is 11.8. The summed E-state index contributed by atoms with van der Waals surface area (Å²) in [5.74, 6) is -9.02. The normalized spacial score (nSPS) is 21.7. The summed E-state index contributed by atoms with van der Waals surface area (Å²) in [4.78, 5) is 0. The van der Waals surface area contributed by atoms with Crippen molar-refractivity contribution in [2.45, 2.75) is 37.5 Å². The van der Waals surface area contributed by atoms with Gasteiger partial charge < -0.3 is 4.74 Å². The lowest BCUT2D eigenvalue weighted by Gasteiger charge is -2.23. The number of hydrogen-bond acceptors (Lipinski definition) is 2. The van der Waals surface area contributed by atoms with E-state index in [2.05, 4.69) is 0 Å². The third-order valence-corrected chi connectivity index (χ3v) is 4.95. The van der Waals surface area contributed by atoms with Crippen LogP contribution < -0.4 is 4.74 Å². The van der Waals surface area contributed by atoms with E-state index in [1.54, 1.807) is 19.1 Å². The average Bonchev–Trinajstić information content (AvgIpc) is 3.05. The number of hydrogen-bond donors (Lipinski definition) is 0. The van der Waals surface area contributed by atoms with Gasteiger partial charge in [0.25, 0.3) is 0 Å². The zero-order chi connectivity index (χ0) is 18.0. The lowest BCUT2D eigenvalue weighted by molar-refractivity contribution is -0.215. The molecule has 2 aliphatic carbocycles. The largest absolute Gasteiger partial charge is 0.457 e. The Morgan fingerprint density at radius 3 is 2.64 bits per heavy atom. The maximum atomic E-state index is 14.1. The van der Waals surface area contributed by atoms with Crippen LogP contribution in [0.3, 0.4) is 0 Å². The maximum absolute atomic E-state index is 14.1. The number of benzene rings is 2. The van der Waals surface area contributed by atoms with E-state index in [1.165, 1.54) is 12.1 Å². The molecular weight excluding hydrogens is 334 g/mol. The average molecular weight is 347 g/mol. The number of alkyl halides is 4. The molecule has 2 aromatic carbocycles. The smallest absolute Gasteiger partial charge is 0.336 e. The Kier molecular flexibility index (Phi) is 3.18. The first-order valence-electron chi connectivity index (χ1n) is 7.87. The second-order valence-electron chi connectivity index (χ2n) is 6.54. The minimum absolute atomic E-state index is 0.0252. The number of aryl methyl sites for hydroxylation is 1. The first-order valence-corrected chi connectivity index (χ1v) is 7.87. The van der Waals surface area contributed by atoms with Crippen molar-refractivity contribution in [3.8, 4) is 17.6 Å². The molecular formula is C19H13F4NO. The summed E-state index contributed by atoms with van der Waals surface area (Å²) in [6, 6.07) is 9.29. The highest BCUT2D eigenvalue weighted by Gasteiger charge is 2.69. The van der Waals surface area contributed by atoms with Gasteiger partial charge in [-0.25, -0.2) is 0 Å². The fraction of sp³-hybridized carbons (Fsp3) is 0.316. The van der Waals surface area contributed by atoms with Crippen molar-refractivity contribution >= 4 is 0 Å². The van der Waals surface area contributed by atoms with Crippen LogP contribution in [0, 0.1) is 18.3 Å². The number of ether oxygens (including phenoxy) is 1. The zero-order valence-corrected chi connectivity index (χ0v) is 13.2. The zero-order valence-electron chi connectivity index (χ0n) is 13.2. The molecule has 4 rings (SSSR count). The van der Waals surface area contributed by atoms with Crippen molar-refractivity contribution in [1.29, 1.82) is 5.26 Å². The predicted molar refractivity (Wildman–Crippen MR) is 82.3 cm³/mol. The van der Waals surface area contributed by atoms with Gasteiger partial charge in [-0.15, -0.1) is 0 Å². The van der Waals surface area contributed by atoms with Crippen LogP contribution in [0.4, 0.5) is 17.6 Å². The molecule has 0 heterocycles. The van der Waals surface area contributed by atoms with E-state index in [9.17, 15) is 17.6 Å². The monoisotopic (exact) mass is 347 g/mol. The van der Waals surface area contributed by atoms with Crippen molar-refractivity contribution in [1.82, 2.24) is 0 Å². The lowest BCUT2D eigenvalue weighted by atomic mass is 10.0. The molecule has 0 amide bonds. The van der Waals surface area contributed by atoms with Gasteiger partial charge in [0.05, 0.1) is 17.6 Å². The highest BCUT2D eigenvalue weighted by Crippen LogP contribution is 2.64. The summed E-state index contributed by atoms with van der Waals surface area (Å²) in [7, 11) is 0.